The Bertz CT molecular complexity index is 444. The molecule has 1 aromatic rings. The smallest absolute Gasteiger partial charge is 0.161 e. The van der Waals surface area contributed by atoms with Gasteiger partial charge in [-0.15, -0.1) is 0 Å². The third-order valence-corrected chi connectivity index (χ3v) is 4.26. The summed E-state index contributed by atoms with van der Waals surface area (Å²) in [6.45, 7) is 7.80. The fraction of sp³-hybridized carbons (Fsp3) is 0.667. The summed E-state index contributed by atoms with van der Waals surface area (Å²) in [7, 11) is 0. The molecule has 1 heterocycles. The molecular formula is C18H28O3. The van der Waals surface area contributed by atoms with Crippen LogP contribution >= 0.6 is 0 Å². The minimum atomic E-state index is -0.420. The molecule has 0 fully saturated rings. The van der Waals surface area contributed by atoms with Crippen molar-refractivity contribution in [2.45, 2.75) is 52.6 Å². The molecule has 0 saturated heterocycles. The van der Waals surface area contributed by atoms with Crippen LogP contribution in [0.1, 0.15) is 58.1 Å². The molecule has 3 unspecified atom stereocenters. The lowest BCUT2D eigenvalue weighted by Crippen LogP contribution is -2.12. The number of benzene rings is 1. The van der Waals surface area contributed by atoms with Crippen molar-refractivity contribution < 1.29 is 14.6 Å². The van der Waals surface area contributed by atoms with Gasteiger partial charge in [-0.25, -0.2) is 0 Å². The zero-order chi connectivity index (χ0) is 15.2. The topological polar surface area (TPSA) is 38.7 Å². The number of hydrogen-bond acceptors (Lipinski definition) is 3. The minimum absolute atomic E-state index is 0.314. The summed E-state index contributed by atoms with van der Waals surface area (Å²) in [4.78, 5) is 0. The average molecular weight is 292 g/mol. The Morgan fingerprint density at radius 2 is 1.90 bits per heavy atom. The maximum atomic E-state index is 10.6. The number of ether oxygens (including phenoxy) is 2. The molecule has 0 amide bonds. The second kappa shape index (κ2) is 7.69. The van der Waals surface area contributed by atoms with E-state index in [0.29, 0.717) is 25.0 Å². The molecule has 1 aliphatic heterocycles. The molecule has 0 radical (unpaired) electrons. The molecule has 0 spiro atoms. The predicted molar refractivity (Wildman–Crippen MR) is 84.9 cm³/mol. The van der Waals surface area contributed by atoms with E-state index < -0.39 is 6.10 Å². The van der Waals surface area contributed by atoms with E-state index in [2.05, 4.69) is 20.8 Å². The summed E-state index contributed by atoms with van der Waals surface area (Å²) in [5.74, 6) is 2.26. The third-order valence-electron chi connectivity index (χ3n) is 4.26. The Balaban J connectivity index is 2.13. The first-order valence-corrected chi connectivity index (χ1v) is 8.23. The van der Waals surface area contributed by atoms with E-state index in [9.17, 15) is 5.11 Å². The molecule has 2 rings (SSSR count). The molecule has 0 saturated carbocycles. The number of fused-ring (bicyclic) bond motifs is 1. The highest BCUT2D eigenvalue weighted by Gasteiger charge is 2.22. The molecular weight excluding hydrogens is 264 g/mol. The molecule has 1 aliphatic rings. The predicted octanol–water partition coefficient (Wildman–Crippen LogP) is 4.34. The number of rotatable bonds is 6. The zero-order valence-corrected chi connectivity index (χ0v) is 13.5. The van der Waals surface area contributed by atoms with Gasteiger partial charge in [0.05, 0.1) is 19.3 Å². The first kappa shape index (κ1) is 16.2. The number of hydrogen-bond donors (Lipinski definition) is 1. The Morgan fingerprint density at radius 3 is 2.57 bits per heavy atom. The number of unbranched alkanes of at least 4 members (excludes halogenated alkanes) is 1. The van der Waals surface area contributed by atoms with E-state index in [1.54, 1.807) is 0 Å². The lowest BCUT2D eigenvalue weighted by molar-refractivity contribution is 0.0985. The van der Waals surface area contributed by atoms with Crippen molar-refractivity contribution in [2.75, 3.05) is 13.2 Å². The van der Waals surface area contributed by atoms with Crippen LogP contribution in [0.5, 0.6) is 11.5 Å². The Hall–Kier alpha value is -1.22. The maximum Gasteiger partial charge on any atom is 0.161 e. The lowest BCUT2D eigenvalue weighted by Gasteiger charge is -2.22. The maximum absolute atomic E-state index is 10.6. The van der Waals surface area contributed by atoms with Gasteiger partial charge in [-0.1, -0.05) is 46.1 Å². The van der Waals surface area contributed by atoms with E-state index in [0.717, 1.165) is 36.3 Å². The molecule has 3 atom stereocenters. The van der Waals surface area contributed by atoms with Crippen LogP contribution in [0.25, 0.3) is 0 Å². The summed E-state index contributed by atoms with van der Waals surface area (Å²) in [5, 5.41) is 10.6. The SMILES string of the molecule is CCCCC(CC)C(O)c1ccc2c(c1)OCC(C)CO2. The molecule has 21 heavy (non-hydrogen) atoms. The van der Waals surface area contributed by atoms with Gasteiger partial charge in [0.15, 0.2) is 11.5 Å². The standard InChI is InChI=1S/C18H28O3/c1-4-6-7-14(5-2)18(19)15-8-9-16-17(10-15)21-12-13(3)11-20-16/h8-10,13-14,18-19H,4-7,11-12H2,1-3H3. The molecule has 3 nitrogen and oxygen atoms in total. The van der Waals surface area contributed by atoms with Gasteiger partial charge >= 0.3 is 0 Å². The summed E-state index contributed by atoms with van der Waals surface area (Å²) >= 11 is 0. The molecule has 0 aromatic heterocycles. The summed E-state index contributed by atoms with van der Waals surface area (Å²) < 4.78 is 11.6. The number of aliphatic hydroxyl groups is 1. The third kappa shape index (κ3) is 4.13. The van der Waals surface area contributed by atoms with Crippen LogP contribution in [0.2, 0.25) is 0 Å². The second-order valence-electron chi connectivity index (χ2n) is 6.19. The van der Waals surface area contributed by atoms with Gasteiger partial charge in [-0.3, -0.25) is 0 Å². The van der Waals surface area contributed by atoms with Crippen molar-refractivity contribution in [2.24, 2.45) is 11.8 Å². The average Bonchev–Trinajstić information content (AvgIpc) is 2.69. The highest BCUT2D eigenvalue weighted by atomic mass is 16.5. The van der Waals surface area contributed by atoms with Gasteiger partial charge in [0.1, 0.15) is 0 Å². The fourth-order valence-electron chi connectivity index (χ4n) is 2.78. The normalized spacial score (nSPS) is 20.7. The van der Waals surface area contributed by atoms with Crippen LogP contribution in [0, 0.1) is 11.8 Å². The molecule has 1 aromatic carbocycles. The van der Waals surface area contributed by atoms with Crippen LogP contribution in [0.3, 0.4) is 0 Å². The summed E-state index contributed by atoms with van der Waals surface area (Å²) in [6, 6.07) is 5.85. The van der Waals surface area contributed by atoms with Crippen LogP contribution in [-0.2, 0) is 0 Å². The molecule has 1 N–H and O–H groups in total. The molecule has 118 valence electrons. The van der Waals surface area contributed by atoms with Crippen LogP contribution in [-0.4, -0.2) is 18.3 Å². The van der Waals surface area contributed by atoms with Crippen molar-refractivity contribution in [1.29, 1.82) is 0 Å². The van der Waals surface area contributed by atoms with Crippen molar-refractivity contribution in [3.05, 3.63) is 23.8 Å². The van der Waals surface area contributed by atoms with Crippen molar-refractivity contribution >= 4 is 0 Å². The summed E-state index contributed by atoms with van der Waals surface area (Å²) in [5.41, 5.74) is 0.940. The highest BCUT2D eigenvalue weighted by molar-refractivity contribution is 5.44. The van der Waals surface area contributed by atoms with Crippen molar-refractivity contribution in [1.82, 2.24) is 0 Å². The Labute approximate surface area is 128 Å². The second-order valence-corrected chi connectivity index (χ2v) is 6.19. The summed E-state index contributed by atoms with van der Waals surface area (Å²) in [6.07, 6.45) is 3.97. The molecule has 3 heteroatoms. The van der Waals surface area contributed by atoms with Crippen LogP contribution < -0.4 is 9.47 Å². The van der Waals surface area contributed by atoms with Gasteiger partial charge in [-0.05, 0) is 30.0 Å². The van der Waals surface area contributed by atoms with E-state index in [1.807, 2.05) is 18.2 Å². The molecule has 0 aliphatic carbocycles. The first-order chi connectivity index (χ1) is 10.2. The quantitative estimate of drug-likeness (QED) is 0.847. The largest absolute Gasteiger partial charge is 0.489 e. The van der Waals surface area contributed by atoms with Crippen molar-refractivity contribution in [3.8, 4) is 11.5 Å². The first-order valence-electron chi connectivity index (χ1n) is 8.23. The van der Waals surface area contributed by atoms with Gasteiger partial charge in [0.2, 0.25) is 0 Å². The van der Waals surface area contributed by atoms with E-state index in [-0.39, 0.29) is 0 Å². The van der Waals surface area contributed by atoms with Gasteiger partial charge in [0, 0.05) is 5.92 Å². The van der Waals surface area contributed by atoms with Gasteiger partial charge in [-0.2, -0.15) is 0 Å². The zero-order valence-electron chi connectivity index (χ0n) is 13.5. The van der Waals surface area contributed by atoms with E-state index in [4.69, 9.17) is 9.47 Å². The van der Waals surface area contributed by atoms with E-state index >= 15 is 0 Å². The highest BCUT2D eigenvalue weighted by Crippen LogP contribution is 2.36. The number of aliphatic hydroxyl groups excluding tert-OH is 1. The lowest BCUT2D eigenvalue weighted by atomic mass is 9.89. The van der Waals surface area contributed by atoms with Gasteiger partial charge < -0.3 is 14.6 Å². The fourth-order valence-corrected chi connectivity index (χ4v) is 2.78. The Kier molecular flexibility index (Phi) is 5.92. The monoisotopic (exact) mass is 292 g/mol. The van der Waals surface area contributed by atoms with Gasteiger partial charge in [0.25, 0.3) is 0 Å². The van der Waals surface area contributed by atoms with E-state index in [1.165, 1.54) is 6.42 Å². The van der Waals surface area contributed by atoms with Crippen LogP contribution in [0.15, 0.2) is 18.2 Å². The minimum Gasteiger partial charge on any atom is -0.489 e. The van der Waals surface area contributed by atoms with Crippen molar-refractivity contribution in [3.63, 3.8) is 0 Å². The molecule has 0 bridgehead atoms. The Morgan fingerprint density at radius 1 is 1.19 bits per heavy atom. The van der Waals surface area contributed by atoms with Crippen LogP contribution in [0.4, 0.5) is 0 Å².